The second-order valence-corrected chi connectivity index (χ2v) is 8.46. The average molecular weight is 416 g/mol. The van der Waals surface area contributed by atoms with Crippen LogP contribution in [-0.4, -0.2) is 42.6 Å². The normalized spacial score (nSPS) is 31.0. The van der Waals surface area contributed by atoms with Crippen molar-refractivity contribution in [2.24, 2.45) is 5.92 Å². The Morgan fingerprint density at radius 1 is 1.22 bits per heavy atom. The van der Waals surface area contributed by atoms with E-state index in [2.05, 4.69) is 10.9 Å². The third-order valence-electron chi connectivity index (χ3n) is 5.99. The van der Waals surface area contributed by atoms with Gasteiger partial charge in [-0.25, -0.2) is 4.39 Å². The van der Waals surface area contributed by atoms with Gasteiger partial charge in [-0.15, -0.1) is 0 Å². The maximum atomic E-state index is 13.9. The largest absolute Gasteiger partial charge is 0.370 e. The van der Waals surface area contributed by atoms with Crippen molar-refractivity contribution >= 4 is 29.1 Å². The van der Waals surface area contributed by atoms with Crippen molar-refractivity contribution in [2.45, 2.75) is 50.3 Å². The Morgan fingerprint density at radius 3 is 2.89 bits per heavy atom. The van der Waals surface area contributed by atoms with Crippen LogP contribution in [0.15, 0.2) is 12.1 Å². The molecule has 5 nitrogen and oxygen atoms in total. The summed E-state index contributed by atoms with van der Waals surface area (Å²) in [5.41, 5.74) is 7.21. The number of nitrogens with zero attached hydrogens (tertiary/aromatic N) is 1. The van der Waals surface area contributed by atoms with E-state index < -0.39 is 11.9 Å². The number of benzene rings is 1. The van der Waals surface area contributed by atoms with E-state index in [4.69, 9.17) is 27.9 Å². The summed E-state index contributed by atoms with van der Waals surface area (Å²) in [5.74, 6) is 0.0754. The van der Waals surface area contributed by atoms with Gasteiger partial charge in [-0.05, 0) is 30.9 Å². The van der Waals surface area contributed by atoms with Gasteiger partial charge in [-0.2, -0.15) is 0 Å². The minimum atomic E-state index is -0.535. The van der Waals surface area contributed by atoms with Crippen LogP contribution in [0.5, 0.6) is 0 Å². The van der Waals surface area contributed by atoms with Gasteiger partial charge in [0.05, 0.1) is 18.2 Å². The van der Waals surface area contributed by atoms with E-state index in [0.717, 1.165) is 6.42 Å². The molecule has 1 aliphatic carbocycles. The number of carbonyl (C=O) groups excluding carboxylic acids is 1. The fourth-order valence-corrected chi connectivity index (χ4v) is 5.01. The molecule has 0 aromatic heterocycles. The van der Waals surface area contributed by atoms with Gasteiger partial charge in [0.25, 0.3) is 0 Å². The molecule has 0 bridgehead atoms. The first-order valence-electron chi connectivity index (χ1n) is 9.58. The number of rotatable bonds is 3. The molecule has 3 fully saturated rings. The lowest BCUT2D eigenvalue weighted by molar-refractivity contribution is -0.139. The van der Waals surface area contributed by atoms with Crippen molar-refractivity contribution in [1.29, 1.82) is 0 Å². The van der Waals surface area contributed by atoms with E-state index in [9.17, 15) is 9.18 Å². The van der Waals surface area contributed by atoms with Crippen LogP contribution >= 0.6 is 23.2 Å². The fraction of sp³-hybridized carbons (Fsp3) is 0.632. The number of hydrogen-bond acceptors (Lipinski definition) is 4. The predicted octanol–water partition coefficient (Wildman–Crippen LogP) is 3.46. The Bertz CT molecular complexity index is 720. The van der Waals surface area contributed by atoms with E-state index in [-0.39, 0.29) is 17.0 Å². The number of morpholine rings is 1. The lowest BCUT2D eigenvalue weighted by Crippen LogP contribution is -2.45. The monoisotopic (exact) mass is 415 g/mol. The SMILES string of the molecule is O=C(CC1NNC2CCCCC21)N1CCOC(c2cc(F)c(Cl)cc2Cl)C1. The highest BCUT2D eigenvalue weighted by molar-refractivity contribution is 6.35. The number of hydrazine groups is 1. The standard InChI is InChI=1S/C19H24Cl2FN3O2/c20-13-8-14(21)15(22)7-12(13)18-10-25(5-6-27-18)19(26)9-17-11-3-1-2-4-16(11)23-24-17/h7-8,11,16-18,23-24H,1-6,9-10H2. The number of ether oxygens (including phenoxy) is 1. The zero-order chi connectivity index (χ0) is 19.0. The van der Waals surface area contributed by atoms with Gasteiger partial charge in [-0.3, -0.25) is 15.6 Å². The molecule has 3 aliphatic rings. The highest BCUT2D eigenvalue weighted by Gasteiger charge is 2.39. The van der Waals surface area contributed by atoms with Crippen molar-refractivity contribution in [3.05, 3.63) is 33.6 Å². The number of fused-ring (bicyclic) bond motifs is 1. The minimum absolute atomic E-state index is 0.0191. The van der Waals surface area contributed by atoms with Crippen LogP contribution in [0.25, 0.3) is 0 Å². The number of hydrogen-bond donors (Lipinski definition) is 2. The van der Waals surface area contributed by atoms with Gasteiger partial charge in [0.1, 0.15) is 11.9 Å². The molecular weight excluding hydrogens is 392 g/mol. The molecule has 1 saturated carbocycles. The van der Waals surface area contributed by atoms with Gasteiger partial charge in [-0.1, -0.05) is 36.0 Å². The Hall–Kier alpha value is -0.920. The van der Waals surface area contributed by atoms with Crippen molar-refractivity contribution in [1.82, 2.24) is 15.8 Å². The topological polar surface area (TPSA) is 53.6 Å². The number of nitrogens with one attached hydrogen (secondary N) is 2. The van der Waals surface area contributed by atoms with Crippen LogP contribution in [0, 0.1) is 11.7 Å². The maximum Gasteiger partial charge on any atom is 0.224 e. The first-order chi connectivity index (χ1) is 13.0. The van der Waals surface area contributed by atoms with E-state index in [1.807, 2.05) is 0 Å². The Kier molecular flexibility index (Phi) is 5.90. The first kappa shape index (κ1) is 19.4. The molecule has 8 heteroatoms. The van der Waals surface area contributed by atoms with E-state index in [1.165, 1.54) is 31.4 Å². The Balaban J connectivity index is 1.41. The van der Waals surface area contributed by atoms with E-state index in [1.54, 1.807) is 4.90 Å². The van der Waals surface area contributed by atoms with Crippen LogP contribution in [0.4, 0.5) is 4.39 Å². The lowest BCUT2D eigenvalue weighted by Gasteiger charge is -2.35. The summed E-state index contributed by atoms with van der Waals surface area (Å²) in [7, 11) is 0. The molecule has 1 aromatic carbocycles. The van der Waals surface area contributed by atoms with Crippen molar-refractivity contribution in [2.75, 3.05) is 19.7 Å². The molecule has 0 radical (unpaired) electrons. The fourth-order valence-electron chi connectivity index (χ4n) is 4.51. The molecule has 1 aromatic rings. The summed E-state index contributed by atoms with van der Waals surface area (Å²) in [5, 5.41) is 0.335. The molecule has 2 heterocycles. The number of halogens is 3. The molecule has 148 valence electrons. The zero-order valence-electron chi connectivity index (χ0n) is 15.0. The molecule has 2 aliphatic heterocycles. The number of amides is 1. The zero-order valence-corrected chi connectivity index (χ0v) is 16.5. The summed E-state index contributed by atoms with van der Waals surface area (Å²) in [4.78, 5) is 14.7. The lowest BCUT2D eigenvalue weighted by atomic mass is 9.81. The minimum Gasteiger partial charge on any atom is -0.370 e. The smallest absolute Gasteiger partial charge is 0.224 e. The van der Waals surface area contributed by atoms with Crippen LogP contribution < -0.4 is 10.9 Å². The Morgan fingerprint density at radius 2 is 2.04 bits per heavy atom. The predicted molar refractivity (Wildman–Crippen MR) is 102 cm³/mol. The molecular formula is C19H24Cl2FN3O2. The van der Waals surface area contributed by atoms with Crippen LogP contribution in [0.3, 0.4) is 0 Å². The van der Waals surface area contributed by atoms with Gasteiger partial charge in [0, 0.05) is 35.6 Å². The summed E-state index contributed by atoms with van der Waals surface area (Å²) < 4.78 is 19.6. The van der Waals surface area contributed by atoms with E-state index in [0.29, 0.717) is 48.7 Å². The third kappa shape index (κ3) is 4.10. The summed E-state index contributed by atoms with van der Waals surface area (Å²) >= 11 is 12.0. The summed E-state index contributed by atoms with van der Waals surface area (Å²) in [6.07, 6.45) is 4.83. The molecule has 27 heavy (non-hydrogen) atoms. The molecule has 4 unspecified atom stereocenters. The second-order valence-electron chi connectivity index (χ2n) is 7.64. The maximum absolute atomic E-state index is 13.9. The van der Waals surface area contributed by atoms with Crippen LogP contribution in [0.2, 0.25) is 10.0 Å². The van der Waals surface area contributed by atoms with Gasteiger partial charge in [0.15, 0.2) is 0 Å². The molecule has 1 amide bonds. The van der Waals surface area contributed by atoms with Gasteiger partial charge >= 0.3 is 0 Å². The average Bonchev–Trinajstić information content (AvgIpc) is 3.08. The van der Waals surface area contributed by atoms with Crippen LogP contribution in [-0.2, 0) is 9.53 Å². The van der Waals surface area contributed by atoms with Crippen molar-refractivity contribution < 1.29 is 13.9 Å². The molecule has 2 N–H and O–H groups in total. The quantitative estimate of drug-likeness (QED) is 0.742. The third-order valence-corrected chi connectivity index (χ3v) is 6.61. The molecule has 4 rings (SSSR count). The van der Waals surface area contributed by atoms with Crippen molar-refractivity contribution in [3.8, 4) is 0 Å². The molecule has 4 atom stereocenters. The highest BCUT2D eigenvalue weighted by atomic mass is 35.5. The summed E-state index contributed by atoms with van der Waals surface area (Å²) in [6, 6.07) is 3.33. The molecule has 2 saturated heterocycles. The second kappa shape index (κ2) is 8.21. The first-order valence-corrected chi connectivity index (χ1v) is 10.3. The van der Waals surface area contributed by atoms with Crippen molar-refractivity contribution in [3.63, 3.8) is 0 Å². The summed E-state index contributed by atoms with van der Waals surface area (Å²) in [6.45, 7) is 1.31. The molecule has 0 spiro atoms. The van der Waals surface area contributed by atoms with Gasteiger partial charge in [0.2, 0.25) is 5.91 Å². The van der Waals surface area contributed by atoms with E-state index >= 15 is 0 Å². The van der Waals surface area contributed by atoms with Gasteiger partial charge < -0.3 is 9.64 Å². The van der Waals surface area contributed by atoms with Crippen LogP contribution in [0.1, 0.15) is 43.8 Å². The number of carbonyl (C=O) groups is 1. The Labute approximate surface area is 168 Å². The highest BCUT2D eigenvalue weighted by Crippen LogP contribution is 2.34.